The number of aliphatic hydroxyl groups is 1. The van der Waals surface area contributed by atoms with Crippen LogP contribution in [0.5, 0.6) is 0 Å². The summed E-state index contributed by atoms with van der Waals surface area (Å²) in [6.45, 7) is 3.31. The highest BCUT2D eigenvalue weighted by atomic mass is 32.1. The number of aliphatic hydroxyl groups excluding tert-OH is 1. The Balaban J connectivity index is 1.54. The Morgan fingerprint density at radius 1 is 1.17 bits per heavy atom. The minimum absolute atomic E-state index is 0.0633. The zero-order valence-corrected chi connectivity index (χ0v) is 14.6. The van der Waals surface area contributed by atoms with Gasteiger partial charge in [0.25, 0.3) is 0 Å². The molecule has 0 atom stereocenters. The summed E-state index contributed by atoms with van der Waals surface area (Å²) in [7, 11) is 0. The molecule has 1 amide bonds. The number of carbonyl (C=O) groups is 1. The van der Waals surface area contributed by atoms with Gasteiger partial charge < -0.3 is 10.4 Å². The van der Waals surface area contributed by atoms with Crippen LogP contribution in [0.3, 0.4) is 0 Å². The number of hydrogen-bond acceptors (Lipinski definition) is 4. The molecule has 1 aliphatic rings. The molecule has 0 aliphatic carbocycles. The highest BCUT2D eigenvalue weighted by Crippen LogP contribution is 2.17. The maximum Gasteiger partial charge on any atom is 0.225 e. The molecule has 1 aliphatic heterocycles. The van der Waals surface area contributed by atoms with E-state index in [9.17, 15) is 9.90 Å². The van der Waals surface area contributed by atoms with Gasteiger partial charge in [-0.3, -0.25) is 9.69 Å². The number of benzene rings is 1. The summed E-state index contributed by atoms with van der Waals surface area (Å²) < 4.78 is 0. The molecule has 24 heavy (non-hydrogen) atoms. The smallest absolute Gasteiger partial charge is 0.225 e. The van der Waals surface area contributed by atoms with Crippen LogP contribution < -0.4 is 5.32 Å². The van der Waals surface area contributed by atoms with Gasteiger partial charge in [-0.2, -0.15) is 0 Å². The molecule has 0 spiro atoms. The Labute approximate surface area is 147 Å². The van der Waals surface area contributed by atoms with Crippen molar-refractivity contribution in [1.29, 1.82) is 0 Å². The molecule has 5 heteroatoms. The molecule has 2 heterocycles. The number of hydrogen-bond donors (Lipinski definition) is 2. The third-order valence-electron chi connectivity index (χ3n) is 4.46. The van der Waals surface area contributed by atoms with Crippen molar-refractivity contribution in [2.45, 2.75) is 38.5 Å². The maximum atomic E-state index is 12.1. The van der Waals surface area contributed by atoms with Gasteiger partial charge in [-0.1, -0.05) is 30.3 Å². The van der Waals surface area contributed by atoms with E-state index < -0.39 is 0 Å². The first-order valence-corrected chi connectivity index (χ1v) is 9.35. The highest BCUT2D eigenvalue weighted by molar-refractivity contribution is 7.10. The van der Waals surface area contributed by atoms with E-state index in [4.69, 9.17) is 0 Å². The van der Waals surface area contributed by atoms with E-state index in [-0.39, 0.29) is 12.0 Å². The van der Waals surface area contributed by atoms with Crippen molar-refractivity contribution in [3.05, 3.63) is 57.8 Å². The van der Waals surface area contributed by atoms with E-state index in [0.29, 0.717) is 13.0 Å². The first-order valence-electron chi connectivity index (χ1n) is 8.47. The molecule has 1 aromatic carbocycles. The summed E-state index contributed by atoms with van der Waals surface area (Å²) in [5, 5.41) is 14.6. The fourth-order valence-corrected chi connectivity index (χ4v) is 3.73. The molecule has 0 saturated carbocycles. The second kappa shape index (κ2) is 8.42. The van der Waals surface area contributed by atoms with Crippen LogP contribution in [0.1, 0.15) is 28.8 Å². The number of amides is 1. The predicted molar refractivity (Wildman–Crippen MR) is 96.8 cm³/mol. The summed E-state index contributed by atoms with van der Waals surface area (Å²) in [6.07, 6.45) is 2.00. The van der Waals surface area contributed by atoms with E-state index >= 15 is 0 Å². The van der Waals surface area contributed by atoms with Crippen molar-refractivity contribution in [2.24, 2.45) is 0 Å². The van der Waals surface area contributed by atoms with Gasteiger partial charge in [0.15, 0.2) is 0 Å². The number of thiophene rings is 1. The molecule has 4 nitrogen and oxygen atoms in total. The molecular formula is C19H24N2O2S. The third kappa shape index (κ3) is 4.90. The lowest BCUT2D eigenvalue weighted by atomic mass is 10.0. The average Bonchev–Trinajstić information content (AvgIpc) is 3.09. The summed E-state index contributed by atoms with van der Waals surface area (Å²) in [5.74, 6) is 0.0633. The number of piperidine rings is 1. The summed E-state index contributed by atoms with van der Waals surface area (Å²) in [5.41, 5.74) is 2.42. The Kier molecular flexibility index (Phi) is 6.01. The lowest BCUT2D eigenvalue weighted by molar-refractivity contribution is -0.120. The Hall–Kier alpha value is -1.69. The van der Waals surface area contributed by atoms with Crippen molar-refractivity contribution in [3.8, 4) is 0 Å². The van der Waals surface area contributed by atoms with Gasteiger partial charge in [-0.25, -0.2) is 0 Å². The van der Waals surface area contributed by atoms with Crippen LogP contribution in [-0.2, 0) is 24.3 Å². The maximum absolute atomic E-state index is 12.1. The lowest BCUT2D eigenvalue weighted by Gasteiger charge is -2.30. The first-order chi connectivity index (χ1) is 11.7. The molecule has 2 aromatic rings. The van der Waals surface area contributed by atoms with E-state index in [1.165, 1.54) is 11.1 Å². The fraction of sp³-hybridized carbons (Fsp3) is 0.421. The summed E-state index contributed by atoms with van der Waals surface area (Å²) in [6, 6.07) is 12.2. The molecule has 0 bridgehead atoms. The average molecular weight is 344 g/mol. The molecular weight excluding hydrogens is 320 g/mol. The number of likely N-dealkylation sites (tertiary alicyclic amines) is 1. The van der Waals surface area contributed by atoms with Crippen LogP contribution in [0, 0.1) is 0 Å². The summed E-state index contributed by atoms with van der Waals surface area (Å²) >= 11 is 1.61. The van der Waals surface area contributed by atoms with Gasteiger partial charge in [-0.05, 0) is 35.4 Å². The standard InChI is InChI=1S/C19H24N2O2S/c22-17-7-9-21(10-8-17)14-16-5-2-1-4-15(16)13-20-19(23)12-18-6-3-11-24-18/h1-6,11,17,22H,7-10,12-14H2,(H,20,23). The van der Waals surface area contributed by atoms with Crippen LogP contribution in [0.2, 0.25) is 0 Å². The minimum atomic E-state index is -0.145. The number of carbonyl (C=O) groups excluding carboxylic acids is 1. The van der Waals surface area contributed by atoms with Crippen LogP contribution in [0.15, 0.2) is 41.8 Å². The Morgan fingerprint density at radius 3 is 2.62 bits per heavy atom. The molecule has 1 aromatic heterocycles. The van der Waals surface area contributed by atoms with Gasteiger partial charge >= 0.3 is 0 Å². The molecule has 1 fully saturated rings. The molecule has 0 unspecified atom stereocenters. The van der Waals surface area contributed by atoms with Crippen LogP contribution in [0.25, 0.3) is 0 Å². The summed E-state index contributed by atoms with van der Waals surface area (Å²) in [4.78, 5) is 15.5. The SMILES string of the molecule is O=C(Cc1cccs1)NCc1ccccc1CN1CCC(O)CC1. The van der Waals surface area contributed by atoms with E-state index in [0.717, 1.165) is 37.4 Å². The van der Waals surface area contributed by atoms with Crippen LogP contribution >= 0.6 is 11.3 Å². The monoisotopic (exact) mass is 344 g/mol. The zero-order chi connectivity index (χ0) is 16.8. The highest BCUT2D eigenvalue weighted by Gasteiger charge is 2.17. The van der Waals surface area contributed by atoms with E-state index in [1.807, 2.05) is 29.6 Å². The van der Waals surface area contributed by atoms with Crippen molar-refractivity contribution in [3.63, 3.8) is 0 Å². The third-order valence-corrected chi connectivity index (χ3v) is 5.34. The molecule has 3 rings (SSSR count). The van der Waals surface area contributed by atoms with Crippen molar-refractivity contribution in [1.82, 2.24) is 10.2 Å². The molecule has 0 radical (unpaired) electrons. The van der Waals surface area contributed by atoms with Crippen LogP contribution in [-0.4, -0.2) is 35.1 Å². The van der Waals surface area contributed by atoms with Gasteiger partial charge in [0, 0.05) is 31.1 Å². The number of rotatable bonds is 6. The van der Waals surface area contributed by atoms with Crippen molar-refractivity contribution in [2.75, 3.05) is 13.1 Å². The Morgan fingerprint density at radius 2 is 1.92 bits per heavy atom. The van der Waals surface area contributed by atoms with E-state index in [2.05, 4.69) is 22.3 Å². The number of nitrogens with one attached hydrogen (secondary N) is 1. The van der Waals surface area contributed by atoms with Gasteiger partial charge in [-0.15, -0.1) is 11.3 Å². The second-order valence-corrected chi connectivity index (χ2v) is 7.34. The quantitative estimate of drug-likeness (QED) is 0.847. The largest absolute Gasteiger partial charge is 0.393 e. The Bertz CT molecular complexity index is 649. The fourth-order valence-electron chi connectivity index (χ4n) is 3.03. The predicted octanol–water partition coefficient (Wildman–Crippen LogP) is 2.56. The second-order valence-electron chi connectivity index (χ2n) is 6.31. The molecule has 2 N–H and O–H groups in total. The molecule has 1 saturated heterocycles. The van der Waals surface area contributed by atoms with Crippen molar-refractivity contribution >= 4 is 17.2 Å². The van der Waals surface area contributed by atoms with Crippen LogP contribution in [0.4, 0.5) is 0 Å². The first kappa shape index (κ1) is 17.1. The normalized spacial score (nSPS) is 16.2. The topological polar surface area (TPSA) is 52.6 Å². The van der Waals surface area contributed by atoms with Gasteiger partial charge in [0.2, 0.25) is 5.91 Å². The lowest BCUT2D eigenvalue weighted by Crippen LogP contribution is -2.35. The molecule has 128 valence electrons. The minimum Gasteiger partial charge on any atom is -0.393 e. The van der Waals surface area contributed by atoms with Gasteiger partial charge in [0.1, 0.15) is 0 Å². The van der Waals surface area contributed by atoms with Crippen molar-refractivity contribution < 1.29 is 9.90 Å². The van der Waals surface area contributed by atoms with Gasteiger partial charge in [0.05, 0.1) is 12.5 Å². The van der Waals surface area contributed by atoms with E-state index in [1.54, 1.807) is 11.3 Å². The zero-order valence-electron chi connectivity index (χ0n) is 13.8. The number of nitrogens with zero attached hydrogens (tertiary/aromatic N) is 1.